The smallest absolute Gasteiger partial charge is 0.331 e. The number of aliphatic imine (C=N–C) groups is 2. The summed E-state index contributed by atoms with van der Waals surface area (Å²) in [7, 11) is 2.34. The highest BCUT2D eigenvalue weighted by Crippen LogP contribution is 2.11. The summed E-state index contributed by atoms with van der Waals surface area (Å²) < 4.78 is 8.90. The van der Waals surface area contributed by atoms with E-state index in [1.165, 1.54) is 26.4 Å². The second kappa shape index (κ2) is 9.70. The van der Waals surface area contributed by atoms with E-state index < -0.39 is 24.0 Å². The van der Waals surface area contributed by atoms with Crippen molar-refractivity contribution >= 4 is 24.1 Å². The van der Waals surface area contributed by atoms with E-state index in [9.17, 15) is 19.2 Å². The molecule has 0 saturated heterocycles. The van der Waals surface area contributed by atoms with E-state index in [0.717, 1.165) is 0 Å². The molecule has 8 nitrogen and oxygen atoms in total. The Morgan fingerprint density at radius 3 is 1.58 bits per heavy atom. The Balaban J connectivity index is 4.44. The quantitative estimate of drug-likeness (QED) is 0.346. The summed E-state index contributed by atoms with van der Waals surface area (Å²) in [6.45, 7) is 0. The van der Waals surface area contributed by atoms with Gasteiger partial charge in [0.15, 0.2) is 12.1 Å². The second-order valence-electron chi connectivity index (χ2n) is 3.45. The minimum absolute atomic E-state index is 0.170. The van der Waals surface area contributed by atoms with Crippen molar-refractivity contribution in [1.29, 1.82) is 0 Å². The third kappa shape index (κ3) is 6.26. The van der Waals surface area contributed by atoms with Gasteiger partial charge in [-0.1, -0.05) is 0 Å². The zero-order valence-corrected chi connectivity index (χ0v) is 10.6. The van der Waals surface area contributed by atoms with Crippen LogP contribution in [0.25, 0.3) is 0 Å². The van der Waals surface area contributed by atoms with Gasteiger partial charge in [-0.2, -0.15) is 9.98 Å². The Kier molecular flexibility index (Phi) is 8.53. The number of esters is 2. The zero-order chi connectivity index (χ0) is 14.7. The van der Waals surface area contributed by atoms with Crippen LogP contribution in [0.2, 0.25) is 0 Å². The summed E-state index contributed by atoms with van der Waals surface area (Å²) in [4.78, 5) is 49.3. The van der Waals surface area contributed by atoms with Gasteiger partial charge in [0.1, 0.15) is 0 Å². The molecule has 0 aliphatic heterocycles. The van der Waals surface area contributed by atoms with E-state index in [-0.39, 0.29) is 12.8 Å². The summed E-state index contributed by atoms with van der Waals surface area (Å²) in [5.41, 5.74) is 0. The highest BCUT2D eigenvalue weighted by Gasteiger charge is 2.21. The van der Waals surface area contributed by atoms with Gasteiger partial charge in [-0.05, 0) is 19.3 Å². The fourth-order valence-electron chi connectivity index (χ4n) is 1.37. The second-order valence-corrected chi connectivity index (χ2v) is 3.45. The first-order chi connectivity index (χ1) is 9.10. The predicted octanol–water partition coefficient (Wildman–Crippen LogP) is -0.0885. The van der Waals surface area contributed by atoms with E-state index in [0.29, 0.717) is 6.42 Å². The first kappa shape index (κ1) is 16.7. The van der Waals surface area contributed by atoms with Gasteiger partial charge >= 0.3 is 11.9 Å². The molecule has 0 rings (SSSR count). The van der Waals surface area contributed by atoms with Crippen LogP contribution < -0.4 is 0 Å². The predicted molar refractivity (Wildman–Crippen MR) is 61.7 cm³/mol. The van der Waals surface area contributed by atoms with E-state index in [2.05, 4.69) is 19.5 Å². The first-order valence-corrected chi connectivity index (χ1v) is 5.40. The normalized spacial score (nSPS) is 12.3. The maximum Gasteiger partial charge on any atom is 0.331 e. The molecule has 0 heterocycles. The Hall–Kier alpha value is -2.30. The van der Waals surface area contributed by atoms with Crippen LogP contribution in [-0.2, 0) is 28.7 Å². The minimum Gasteiger partial charge on any atom is -0.467 e. The topological polar surface area (TPSA) is 111 Å². The van der Waals surface area contributed by atoms with E-state index in [4.69, 9.17) is 0 Å². The van der Waals surface area contributed by atoms with Crippen molar-refractivity contribution in [3.05, 3.63) is 0 Å². The van der Waals surface area contributed by atoms with Crippen molar-refractivity contribution < 1.29 is 28.7 Å². The molecule has 2 atom stereocenters. The molecule has 2 unspecified atom stereocenters. The number of rotatable bonds is 8. The van der Waals surface area contributed by atoms with Crippen molar-refractivity contribution in [2.24, 2.45) is 9.98 Å². The van der Waals surface area contributed by atoms with Crippen LogP contribution in [0.15, 0.2) is 9.98 Å². The van der Waals surface area contributed by atoms with Crippen molar-refractivity contribution in [1.82, 2.24) is 0 Å². The van der Waals surface area contributed by atoms with Crippen LogP contribution >= 0.6 is 0 Å². The molecular formula is C11H14N2O6. The van der Waals surface area contributed by atoms with Gasteiger partial charge in [-0.15, -0.1) is 0 Å². The van der Waals surface area contributed by atoms with Gasteiger partial charge in [0.2, 0.25) is 12.2 Å². The molecule has 0 aliphatic carbocycles. The summed E-state index contributed by atoms with van der Waals surface area (Å²) >= 11 is 0. The van der Waals surface area contributed by atoms with Gasteiger partial charge in [0.25, 0.3) is 0 Å². The number of hydrogen-bond donors (Lipinski definition) is 0. The maximum absolute atomic E-state index is 11.2. The summed E-state index contributed by atoms with van der Waals surface area (Å²) in [6.07, 6.45) is 3.21. The van der Waals surface area contributed by atoms with Crippen LogP contribution in [0.3, 0.4) is 0 Å². The Bertz CT molecular complexity index is 371. The Labute approximate surface area is 109 Å². The molecule has 0 aromatic carbocycles. The molecular weight excluding hydrogens is 256 g/mol. The lowest BCUT2D eigenvalue weighted by Gasteiger charge is -2.10. The number of isocyanates is 2. The number of hydrogen-bond acceptors (Lipinski definition) is 8. The first-order valence-electron chi connectivity index (χ1n) is 5.40. The van der Waals surface area contributed by atoms with E-state index in [1.54, 1.807) is 0 Å². The average molecular weight is 270 g/mol. The molecule has 0 amide bonds. The van der Waals surface area contributed by atoms with Crippen LogP contribution in [0.4, 0.5) is 0 Å². The highest BCUT2D eigenvalue weighted by atomic mass is 16.5. The van der Waals surface area contributed by atoms with Crippen molar-refractivity contribution in [3.63, 3.8) is 0 Å². The summed E-state index contributed by atoms with van der Waals surface area (Å²) in [5, 5.41) is 0. The number of ether oxygens (including phenoxy) is 2. The zero-order valence-electron chi connectivity index (χ0n) is 10.6. The molecule has 0 aromatic heterocycles. The fraction of sp³-hybridized carbons (Fsp3) is 0.636. The average Bonchev–Trinajstić information content (AvgIpc) is 2.43. The molecule has 0 aromatic rings. The van der Waals surface area contributed by atoms with Crippen LogP contribution in [-0.4, -0.2) is 50.4 Å². The molecule has 0 bridgehead atoms. The highest BCUT2D eigenvalue weighted by molar-refractivity contribution is 5.77. The van der Waals surface area contributed by atoms with Crippen molar-refractivity contribution in [2.75, 3.05) is 14.2 Å². The lowest BCUT2D eigenvalue weighted by molar-refractivity contribution is -0.142. The number of methoxy groups -OCH3 is 2. The van der Waals surface area contributed by atoms with Gasteiger partial charge in [-0.3, -0.25) is 0 Å². The minimum atomic E-state index is -0.971. The number of carbonyl (C=O) groups excluding carboxylic acids is 4. The molecule has 0 fully saturated rings. The Morgan fingerprint density at radius 2 is 1.32 bits per heavy atom. The van der Waals surface area contributed by atoms with Gasteiger partial charge in [0.05, 0.1) is 14.2 Å². The van der Waals surface area contributed by atoms with Crippen LogP contribution in [0.1, 0.15) is 19.3 Å². The summed E-state index contributed by atoms with van der Waals surface area (Å²) in [6, 6.07) is -1.94. The third-order valence-electron chi connectivity index (χ3n) is 2.32. The lowest BCUT2D eigenvalue weighted by Crippen LogP contribution is -2.23. The fourth-order valence-corrected chi connectivity index (χ4v) is 1.37. The molecule has 0 saturated carbocycles. The van der Waals surface area contributed by atoms with Gasteiger partial charge in [0, 0.05) is 0 Å². The third-order valence-corrected chi connectivity index (χ3v) is 2.32. The van der Waals surface area contributed by atoms with Gasteiger partial charge in [-0.25, -0.2) is 19.2 Å². The molecule has 0 radical (unpaired) electrons. The molecule has 8 heteroatoms. The molecule has 104 valence electrons. The maximum atomic E-state index is 11.2. The SMILES string of the molecule is COC(=O)C(CCCC(N=C=O)C(=O)OC)N=C=O. The van der Waals surface area contributed by atoms with Crippen molar-refractivity contribution in [2.45, 2.75) is 31.3 Å². The van der Waals surface area contributed by atoms with Crippen LogP contribution in [0, 0.1) is 0 Å². The molecule has 0 aliphatic rings. The molecule has 19 heavy (non-hydrogen) atoms. The lowest BCUT2D eigenvalue weighted by atomic mass is 10.1. The van der Waals surface area contributed by atoms with E-state index in [1.807, 2.05) is 0 Å². The number of nitrogens with zero attached hydrogens (tertiary/aromatic N) is 2. The number of carbonyl (C=O) groups is 2. The van der Waals surface area contributed by atoms with Crippen LogP contribution in [0.5, 0.6) is 0 Å². The standard InChI is InChI=1S/C11H14N2O6/c1-18-10(16)8(12-6-14)4-3-5-9(13-7-15)11(17)19-2/h8-9H,3-5H2,1-2H3. The largest absolute Gasteiger partial charge is 0.467 e. The van der Waals surface area contributed by atoms with Crippen molar-refractivity contribution in [3.8, 4) is 0 Å². The van der Waals surface area contributed by atoms with Gasteiger partial charge < -0.3 is 9.47 Å². The monoisotopic (exact) mass is 270 g/mol. The molecule has 0 spiro atoms. The molecule has 0 N–H and O–H groups in total. The van der Waals surface area contributed by atoms with E-state index >= 15 is 0 Å². The Morgan fingerprint density at radius 1 is 0.947 bits per heavy atom. The summed E-state index contributed by atoms with van der Waals surface area (Å²) in [5.74, 6) is -1.34.